The zero-order valence-corrected chi connectivity index (χ0v) is 7.99. The summed E-state index contributed by atoms with van der Waals surface area (Å²) in [7, 11) is 0. The summed E-state index contributed by atoms with van der Waals surface area (Å²) in [5, 5.41) is 12.1. The van der Waals surface area contributed by atoms with Crippen LogP contribution in [0.3, 0.4) is 0 Å². The number of hydrogen-bond acceptors (Lipinski definition) is 4. The number of aromatic nitrogens is 2. The number of carboxylic acids is 1. The Kier molecular flexibility index (Phi) is 2.02. The highest BCUT2D eigenvalue weighted by Crippen LogP contribution is 2.39. The van der Waals surface area contributed by atoms with E-state index in [-0.39, 0.29) is 11.2 Å². The molecule has 1 N–H and O–H groups in total. The van der Waals surface area contributed by atoms with Gasteiger partial charge >= 0.3 is 5.97 Å². The number of nitrogens with zero attached hydrogens (tertiary/aromatic N) is 2. The minimum atomic E-state index is -1.14. The van der Waals surface area contributed by atoms with E-state index in [0.29, 0.717) is 5.89 Å². The molecule has 1 heterocycles. The summed E-state index contributed by atoms with van der Waals surface area (Å²) in [6, 6.07) is 0. The van der Waals surface area contributed by atoms with Crippen LogP contribution >= 0.6 is 0 Å². The van der Waals surface area contributed by atoms with E-state index in [1.165, 1.54) is 0 Å². The van der Waals surface area contributed by atoms with E-state index in [1.807, 2.05) is 6.92 Å². The fraction of sp³-hybridized carbons (Fsp3) is 0.667. The lowest BCUT2D eigenvalue weighted by Gasteiger charge is -2.16. The number of aromatic carboxylic acids is 1. The van der Waals surface area contributed by atoms with E-state index < -0.39 is 5.97 Å². The van der Waals surface area contributed by atoms with E-state index in [4.69, 9.17) is 9.63 Å². The average molecular weight is 196 g/mol. The summed E-state index contributed by atoms with van der Waals surface area (Å²) >= 11 is 0. The monoisotopic (exact) mass is 196 g/mol. The molecule has 0 aliphatic heterocycles. The van der Waals surface area contributed by atoms with Gasteiger partial charge in [0.1, 0.15) is 0 Å². The van der Waals surface area contributed by atoms with Crippen LogP contribution in [0.25, 0.3) is 0 Å². The van der Waals surface area contributed by atoms with E-state index in [2.05, 4.69) is 10.1 Å². The highest BCUT2D eigenvalue weighted by molar-refractivity contribution is 5.82. The van der Waals surface area contributed by atoms with E-state index in [0.717, 1.165) is 25.7 Å². The van der Waals surface area contributed by atoms with Crippen molar-refractivity contribution in [3.8, 4) is 0 Å². The first-order valence-corrected chi connectivity index (χ1v) is 4.69. The molecule has 1 saturated carbocycles. The van der Waals surface area contributed by atoms with Crippen molar-refractivity contribution in [3.05, 3.63) is 11.7 Å². The molecule has 0 unspecified atom stereocenters. The van der Waals surface area contributed by atoms with E-state index in [9.17, 15) is 4.79 Å². The zero-order chi connectivity index (χ0) is 10.2. The molecule has 2 rings (SSSR count). The number of hydrogen-bond donors (Lipinski definition) is 1. The van der Waals surface area contributed by atoms with Crippen LogP contribution in [0.15, 0.2) is 4.52 Å². The molecule has 76 valence electrons. The number of carbonyl (C=O) groups is 1. The molecular weight excluding hydrogens is 184 g/mol. The van der Waals surface area contributed by atoms with Gasteiger partial charge in [0.15, 0.2) is 0 Å². The molecular formula is C9H12N2O3. The standard InChI is InChI=1S/C9H12N2O3/c1-9(4-2-3-5-9)8-10-6(7(12)13)11-14-8/h2-5H2,1H3,(H,12,13). The van der Waals surface area contributed by atoms with Crippen LogP contribution in [0.2, 0.25) is 0 Å². The van der Waals surface area contributed by atoms with Gasteiger partial charge in [-0.3, -0.25) is 0 Å². The van der Waals surface area contributed by atoms with Crippen molar-refractivity contribution >= 4 is 5.97 Å². The average Bonchev–Trinajstić information content (AvgIpc) is 2.71. The fourth-order valence-electron chi connectivity index (χ4n) is 1.92. The topological polar surface area (TPSA) is 76.2 Å². The van der Waals surface area contributed by atoms with Crippen molar-refractivity contribution in [1.29, 1.82) is 0 Å². The van der Waals surface area contributed by atoms with Gasteiger partial charge in [-0.25, -0.2) is 4.79 Å². The molecule has 0 saturated heterocycles. The molecule has 14 heavy (non-hydrogen) atoms. The number of carboxylic acid groups (broad SMARTS) is 1. The van der Waals surface area contributed by atoms with Crippen molar-refractivity contribution in [2.75, 3.05) is 0 Å². The summed E-state index contributed by atoms with van der Waals surface area (Å²) in [5.41, 5.74) is -0.110. The summed E-state index contributed by atoms with van der Waals surface area (Å²) < 4.78 is 4.97. The maximum atomic E-state index is 10.5. The van der Waals surface area contributed by atoms with Crippen LogP contribution in [-0.4, -0.2) is 21.2 Å². The first-order valence-electron chi connectivity index (χ1n) is 4.69. The Morgan fingerprint density at radius 3 is 2.64 bits per heavy atom. The minimum absolute atomic E-state index is 0.110. The van der Waals surface area contributed by atoms with E-state index >= 15 is 0 Å². The second-order valence-electron chi connectivity index (χ2n) is 4.00. The van der Waals surface area contributed by atoms with Crippen LogP contribution in [0.4, 0.5) is 0 Å². The Bertz CT molecular complexity index is 353. The van der Waals surface area contributed by atoms with Crippen LogP contribution < -0.4 is 0 Å². The molecule has 1 aliphatic carbocycles. The highest BCUT2D eigenvalue weighted by atomic mass is 16.5. The Labute approximate surface area is 81.1 Å². The largest absolute Gasteiger partial charge is 0.475 e. The molecule has 5 nitrogen and oxygen atoms in total. The van der Waals surface area contributed by atoms with Gasteiger partial charge in [-0.15, -0.1) is 0 Å². The first-order chi connectivity index (χ1) is 6.62. The van der Waals surface area contributed by atoms with Crippen LogP contribution in [0.5, 0.6) is 0 Å². The number of rotatable bonds is 2. The maximum Gasteiger partial charge on any atom is 0.377 e. The third-order valence-corrected chi connectivity index (χ3v) is 2.84. The van der Waals surface area contributed by atoms with Gasteiger partial charge in [-0.1, -0.05) is 19.8 Å². The zero-order valence-electron chi connectivity index (χ0n) is 7.99. The predicted octanol–water partition coefficient (Wildman–Crippen LogP) is 1.60. The molecule has 1 fully saturated rings. The smallest absolute Gasteiger partial charge is 0.377 e. The van der Waals surface area contributed by atoms with Gasteiger partial charge in [0, 0.05) is 5.41 Å². The molecule has 0 atom stereocenters. The lowest BCUT2D eigenvalue weighted by Crippen LogP contribution is -2.17. The van der Waals surface area contributed by atoms with Crippen LogP contribution in [-0.2, 0) is 5.41 Å². The molecule has 0 bridgehead atoms. The van der Waals surface area contributed by atoms with Crippen LogP contribution in [0, 0.1) is 0 Å². The Morgan fingerprint density at radius 2 is 2.14 bits per heavy atom. The SMILES string of the molecule is CC1(c2nc(C(=O)O)no2)CCCC1. The molecule has 0 spiro atoms. The summed E-state index contributed by atoms with van der Waals surface area (Å²) in [6.45, 7) is 2.04. The third-order valence-electron chi connectivity index (χ3n) is 2.84. The molecule has 1 aromatic rings. The van der Waals surface area contributed by atoms with Crippen molar-refractivity contribution in [2.45, 2.75) is 38.0 Å². The van der Waals surface area contributed by atoms with Gasteiger partial charge in [-0.05, 0) is 18.0 Å². The molecule has 1 aliphatic rings. The Hall–Kier alpha value is -1.39. The van der Waals surface area contributed by atoms with Gasteiger partial charge < -0.3 is 9.63 Å². The second kappa shape index (κ2) is 3.08. The van der Waals surface area contributed by atoms with Gasteiger partial charge in [0.05, 0.1) is 0 Å². The first kappa shape index (κ1) is 9.18. The minimum Gasteiger partial charge on any atom is -0.475 e. The lowest BCUT2D eigenvalue weighted by atomic mass is 9.89. The fourth-order valence-corrected chi connectivity index (χ4v) is 1.92. The summed E-state index contributed by atoms with van der Waals surface area (Å²) in [6.07, 6.45) is 4.27. The van der Waals surface area contributed by atoms with Gasteiger partial charge in [0.2, 0.25) is 5.89 Å². The maximum absolute atomic E-state index is 10.5. The molecule has 0 amide bonds. The third kappa shape index (κ3) is 1.38. The van der Waals surface area contributed by atoms with Crippen molar-refractivity contribution < 1.29 is 14.4 Å². The summed E-state index contributed by atoms with van der Waals surface area (Å²) in [5.74, 6) is -0.915. The quantitative estimate of drug-likeness (QED) is 0.777. The predicted molar refractivity (Wildman–Crippen MR) is 47.1 cm³/mol. The Balaban J connectivity index is 2.28. The van der Waals surface area contributed by atoms with Crippen LogP contribution in [0.1, 0.15) is 49.1 Å². The van der Waals surface area contributed by atoms with E-state index in [1.54, 1.807) is 0 Å². The molecule has 1 aromatic heterocycles. The van der Waals surface area contributed by atoms with Gasteiger partial charge in [-0.2, -0.15) is 4.98 Å². The lowest BCUT2D eigenvalue weighted by molar-refractivity contribution is 0.0680. The van der Waals surface area contributed by atoms with Crippen molar-refractivity contribution in [1.82, 2.24) is 10.1 Å². The Morgan fingerprint density at radius 1 is 1.50 bits per heavy atom. The summed E-state index contributed by atoms with van der Waals surface area (Å²) in [4.78, 5) is 14.4. The molecule has 0 radical (unpaired) electrons. The molecule has 0 aromatic carbocycles. The van der Waals surface area contributed by atoms with Gasteiger partial charge in [0.25, 0.3) is 5.82 Å². The molecule has 5 heteroatoms. The highest BCUT2D eigenvalue weighted by Gasteiger charge is 2.36. The van der Waals surface area contributed by atoms with Crippen molar-refractivity contribution in [3.63, 3.8) is 0 Å². The van der Waals surface area contributed by atoms with Crippen molar-refractivity contribution in [2.24, 2.45) is 0 Å². The second-order valence-corrected chi connectivity index (χ2v) is 4.00. The normalized spacial score (nSPS) is 19.8.